The van der Waals surface area contributed by atoms with Gasteiger partial charge in [-0.15, -0.1) is 0 Å². The third kappa shape index (κ3) is 6.12. The summed E-state index contributed by atoms with van der Waals surface area (Å²) in [4.78, 5) is 25.1. The number of nitrogens with one attached hydrogen (secondary N) is 1. The van der Waals surface area contributed by atoms with Crippen LogP contribution in [-0.2, 0) is 22.7 Å². The maximum Gasteiger partial charge on any atom is 0.230 e. The molecule has 9 nitrogen and oxygen atoms in total. The standard InChI is InChI=1S/C21H29N7O2Si/c1-31(2,3)10-9-30-14-28-13-26-18(15-7-5-4-6-8-15)16(28)11-17(29)27-19-20(22)24-12-25-21(19)23/h4-8,12-13H,9-11,14H2,1-3H3,(H,27,29)(H4,22,23,24,25). The Morgan fingerprint density at radius 2 is 1.77 bits per heavy atom. The van der Waals surface area contributed by atoms with Gasteiger partial charge in [-0.3, -0.25) is 4.79 Å². The number of nitrogen functional groups attached to an aromatic ring is 2. The van der Waals surface area contributed by atoms with Crippen molar-refractivity contribution in [2.45, 2.75) is 38.8 Å². The van der Waals surface area contributed by atoms with Gasteiger partial charge in [0.05, 0.1) is 24.1 Å². The van der Waals surface area contributed by atoms with Crippen molar-refractivity contribution in [3.63, 3.8) is 0 Å². The molecule has 10 heteroatoms. The van der Waals surface area contributed by atoms with Crippen LogP contribution < -0.4 is 16.8 Å². The fourth-order valence-electron chi connectivity index (χ4n) is 2.96. The number of imidazole rings is 1. The van der Waals surface area contributed by atoms with E-state index in [1.54, 1.807) is 6.33 Å². The number of carbonyl (C=O) groups excluding carboxylic acids is 1. The fourth-order valence-corrected chi connectivity index (χ4v) is 3.72. The Kier molecular flexibility index (Phi) is 7.03. The fraction of sp³-hybridized carbons (Fsp3) is 0.333. The Balaban J connectivity index is 1.80. The van der Waals surface area contributed by atoms with Crippen molar-refractivity contribution >= 4 is 31.3 Å². The zero-order valence-electron chi connectivity index (χ0n) is 18.1. The van der Waals surface area contributed by atoms with E-state index < -0.39 is 8.07 Å². The molecular weight excluding hydrogens is 410 g/mol. The highest BCUT2D eigenvalue weighted by Crippen LogP contribution is 2.25. The second kappa shape index (κ2) is 9.71. The van der Waals surface area contributed by atoms with Gasteiger partial charge in [0.2, 0.25) is 5.91 Å². The van der Waals surface area contributed by atoms with E-state index in [0.29, 0.717) is 13.3 Å². The van der Waals surface area contributed by atoms with Crippen LogP contribution in [0.1, 0.15) is 5.69 Å². The molecule has 3 rings (SSSR count). The van der Waals surface area contributed by atoms with Crippen molar-refractivity contribution < 1.29 is 9.53 Å². The Hall–Kier alpha value is -3.24. The summed E-state index contributed by atoms with van der Waals surface area (Å²) in [5.41, 5.74) is 14.3. The molecule has 0 bridgehead atoms. The van der Waals surface area contributed by atoms with Gasteiger partial charge in [0.15, 0.2) is 11.6 Å². The number of nitrogens with zero attached hydrogens (tertiary/aromatic N) is 4. The molecule has 1 amide bonds. The number of benzene rings is 1. The van der Waals surface area contributed by atoms with E-state index in [2.05, 4.69) is 39.9 Å². The molecule has 0 saturated carbocycles. The van der Waals surface area contributed by atoms with Crippen molar-refractivity contribution in [1.82, 2.24) is 19.5 Å². The first-order valence-electron chi connectivity index (χ1n) is 10.1. The number of hydrogen-bond donors (Lipinski definition) is 3. The second-order valence-electron chi connectivity index (χ2n) is 8.47. The van der Waals surface area contributed by atoms with Crippen LogP contribution in [0.4, 0.5) is 17.3 Å². The van der Waals surface area contributed by atoms with Gasteiger partial charge in [-0.05, 0) is 6.04 Å². The molecule has 5 N–H and O–H groups in total. The van der Waals surface area contributed by atoms with Crippen LogP contribution in [0.3, 0.4) is 0 Å². The Labute approximate surface area is 182 Å². The minimum atomic E-state index is -1.19. The number of anilines is 3. The molecule has 1 aromatic carbocycles. The Morgan fingerprint density at radius 3 is 2.42 bits per heavy atom. The highest BCUT2D eigenvalue weighted by Gasteiger charge is 2.19. The molecule has 0 unspecified atom stereocenters. The monoisotopic (exact) mass is 439 g/mol. The summed E-state index contributed by atoms with van der Waals surface area (Å²) in [6, 6.07) is 10.8. The van der Waals surface area contributed by atoms with E-state index in [4.69, 9.17) is 16.2 Å². The van der Waals surface area contributed by atoms with E-state index in [9.17, 15) is 4.79 Å². The van der Waals surface area contributed by atoms with Crippen LogP contribution in [0.15, 0.2) is 43.0 Å². The highest BCUT2D eigenvalue weighted by atomic mass is 28.3. The van der Waals surface area contributed by atoms with Crippen LogP contribution >= 0.6 is 0 Å². The van der Waals surface area contributed by atoms with E-state index in [0.717, 1.165) is 23.0 Å². The number of ether oxygens (including phenoxy) is 1. The van der Waals surface area contributed by atoms with Crippen molar-refractivity contribution in [3.8, 4) is 11.3 Å². The average molecular weight is 440 g/mol. The van der Waals surface area contributed by atoms with Gasteiger partial charge in [0.25, 0.3) is 0 Å². The molecule has 0 spiro atoms. The lowest BCUT2D eigenvalue weighted by atomic mass is 10.1. The molecule has 31 heavy (non-hydrogen) atoms. The molecule has 0 atom stereocenters. The molecule has 0 aliphatic heterocycles. The van der Waals surface area contributed by atoms with Gasteiger partial charge in [0, 0.05) is 20.2 Å². The van der Waals surface area contributed by atoms with Crippen LogP contribution in [0, 0.1) is 0 Å². The molecule has 0 fully saturated rings. The summed E-state index contributed by atoms with van der Waals surface area (Å²) in [6.45, 7) is 7.92. The van der Waals surface area contributed by atoms with Crippen LogP contribution in [0.2, 0.25) is 25.7 Å². The quantitative estimate of drug-likeness (QED) is 0.344. The van der Waals surface area contributed by atoms with E-state index >= 15 is 0 Å². The predicted octanol–water partition coefficient (Wildman–Crippen LogP) is 3.00. The number of rotatable bonds is 9. The van der Waals surface area contributed by atoms with Gasteiger partial charge in [-0.1, -0.05) is 50.0 Å². The van der Waals surface area contributed by atoms with Gasteiger partial charge < -0.3 is 26.1 Å². The lowest BCUT2D eigenvalue weighted by Crippen LogP contribution is -2.22. The highest BCUT2D eigenvalue weighted by molar-refractivity contribution is 6.76. The van der Waals surface area contributed by atoms with Crippen LogP contribution in [0.25, 0.3) is 11.3 Å². The van der Waals surface area contributed by atoms with Crippen molar-refractivity contribution in [3.05, 3.63) is 48.7 Å². The SMILES string of the molecule is C[Si](C)(C)CCOCn1cnc(-c2ccccc2)c1CC(=O)Nc1c(N)ncnc1N. The molecule has 164 valence electrons. The summed E-state index contributed by atoms with van der Waals surface area (Å²) in [5, 5.41) is 2.72. The molecule has 3 aromatic rings. The Morgan fingerprint density at radius 1 is 1.10 bits per heavy atom. The third-order valence-electron chi connectivity index (χ3n) is 4.72. The smallest absolute Gasteiger partial charge is 0.230 e. The second-order valence-corrected chi connectivity index (χ2v) is 14.1. The van der Waals surface area contributed by atoms with Crippen molar-refractivity contribution in [2.24, 2.45) is 0 Å². The van der Waals surface area contributed by atoms with Crippen LogP contribution in [-0.4, -0.2) is 40.1 Å². The third-order valence-corrected chi connectivity index (χ3v) is 6.42. The molecule has 0 saturated heterocycles. The van der Waals surface area contributed by atoms with Gasteiger partial charge >= 0.3 is 0 Å². The largest absolute Gasteiger partial charge is 0.382 e. The summed E-state index contributed by atoms with van der Waals surface area (Å²) < 4.78 is 7.75. The minimum absolute atomic E-state index is 0.0649. The average Bonchev–Trinajstić information content (AvgIpc) is 3.10. The number of amides is 1. The van der Waals surface area contributed by atoms with E-state index in [1.807, 2.05) is 34.9 Å². The zero-order chi connectivity index (χ0) is 22.4. The maximum absolute atomic E-state index is 12.8. The summed E-state index contributed by atoms with van der Waals surface area (Å²) in [7, 11) is -1.19. The molecular formula is C21H29N7O2Si. The van der Waals surface area contributed by atoms with Crippen molar-refractivity contribution in [1.29, 1.82) is 0 Å². The van der Waals surface area contributed by atoms with Gasteiger partial charge in [-0.25, -0.2) is 15.0 Å². The minimum Gasteiger partial charge on any atom is -0.382 e. The topological polar surface area (TPSA) is 134 Å². The number of hydrogen-bond acceptors (Lipinski definition) is 7. The zero-order valence-corrected chi connectivity index (χ0v) is 19.1. The summed E-state index contributed by atoms with van der Waals surface area (Å²) >= 11 is 0. The lowest BCUT2D eigenvalue weighted by Gasteiger charge is -2.16. The molecule has 0 aliphatic carbocycles. The number of nitrogens with two attached hydrogens (primary N) is 2. The normalized spacial score (nSPS) is 11.5. The first kappa shape index (κ1) is 22.4. The molecule has 2 heterocycles. The van der Waals surface area contributed by atoms with Gasteiger partial charge in [0.1, 0.15) is 18.7 Å². The number of aromatic nitrogens is 4. The maximum atomic E-state index is 12.8. The Bertz CT molecular complexity index is 1010. The van der Waals surface area contributed by atoms with Crippen LogP contribution in [0.5, 0.6) is 0 Å². The first-order chi connectivity index (χ1) is 14.7. The summed E-state index contributed by atoms with van der Waals surface area (Å²) in [6.07, 6.45) is 3.02. The number of carbonyl (C=O) groups is 1. The first-order valence-corrected chi connectivity index (χ1v) is 13.8. The van der Waals surface area contributed by atoms with Crippen molar-refractivity contribution in [2.75, 3.05) is 23.4 Å². The van der Waals surface area contributed by atoms with E-state index in [1.165, 1.54) is 6.33 Å². The molecule has 0 aliphatic rings. The molecule has 0 radical (unpaired) electrons. The van der Waals surface area contributed by atoms with E-state index in [-0.39, 0.29) is 29.7 Å². The predicted molar refractivity (Wildman–Crippen MR) is 125 cm³/mol. The summed E-state index contributed by atoms with van der Waals surface area (Å²) in [5.74, 6) is -0.0612. The lowest BCUT2D eigenvalue weighted by molar-refractivity contribution is -0.115. The van der Waals surface area contributed by atoms with Gasteiger partial charge in [-0.2, -0.15) is 0 Å². The molecule has 2 aromatic heterocycles.